The fourth-order valence-electron chi connectivity index (χ4n) is 3.19. The number of nitrogens with zero attached hydrogens (tertiary/aromatic N) is 1. The zero-order valence-corrected chi connectivity index (χ0v) is 17.0. The van der Waals surface area contributed by atoms with Crippen molar-refractivity contribution >= 4 is 29.4 Å². The lowest BCUT2D eigenvalue weighted by Crippen LogP contribution is -2.50. The normalized spacial score (nSPS) is 17.4. The number of anilines is 1. The highest BCUT2D eigenvalue weighted by Gasteiger charge is 2.25. The number of hydrogen-bond donors (Lipinski definition) is 2. The number of hydrogen-bond acceptors (Lipinski definition) is 7. The van der Waals surface area contributed by atoms with Gasteiger partial charge in [0.2, 0.25) is 11.8 Å². The number of para-hydroxylation sites is 2. The Morgan fingerprint density at radius 2 is 1.81 bits per heavy atom. The van der Waals surface area contributed by atoms with Crippen molar-refractivity contribution in [2.24, 2.45) is 0 Å². The Kier molecular flexibility index (Phi) is 6.20. The Morgan fingerprint density at radius 3 is 2.59 bits per heavy atom. The van der Waals surface area contributed by atoms with Crippen LogP contribution in [0.5, 0.6) is 11.5 Å². The zero-order valence-electron chi connectivity index (χ0n) is 17.0. The van der Waals surface area contributed by atoms with Crippen LogP contribution in [-0.2, 0) is 19.1 Å². The third kappa shape index (κ3) is 4.97. The second kappa shape index (κ2) is 9.38. The molecule has 2 aromatic carbocycles. The molecule has 2 aliphatic rings. The van der Waals surface area contributed by atoms with Crippen LogP contribution in [0.2, 0.25) is 0 Å². The Balaban J connectivity index is 1.22. The summed E-state index contributed by atoms with van der Waals surface area (Å²) in [7, 11) is 0. The number of ether oxygens (including phenoxy) is 3. The molecule has 1 saturated heterocycles. The summed E-state index contributed by atoms with van der Waals surface area (Å²) in [5.41, 5.74) is 3.11. The molecule has 2 N–H and O–H groups in total. The number of fused-ring (bicyclic) bond motifs is 1. The first-order valence-corrected chi connectivity index (χ1v) is 10.0. The summed E-state index contributed by atoms with van der Waals surface area (Å²) < 4.78 is 16.4. The summed E-state index contributed by atoms with van der Waals surface area (Å²) in [6.45, 7) is 0.0455. The quantitative estimate of drug-likeness (QED) is 0.643. The molecular weight excluding hydrogens is 418 g/mol. The Hall–Kier alpha value is -4.08. The van der Waals surface area contributed by atoms with E-state index in [0.717, 1.165) is 5.01 Å². The molecule has 0 bridgehead atoms. The maximum Gasteiger partial charge on any atom is 0.338 e. The highest BCUT2D eigenvalue weighted by molar-refractivity contribution is 6.01. The number of amides is 3. The molecule has 2 aromatic rings. The van der Waals surface area contributed by atoms with Gasteiger partial charge in [-0.2, -0.15) is 0 Å². The van der Waals surface area contributed by atoms with E-state index in [9.17, 15) is 19.2 Å². The minimum absolute atomic E-state index is 0.120. The van der Waals surface area contributed by atoms with E-state index in [1.807, 2.05) is 12.1 Å². The monoisotopic (exact) mass is 439 g/mol. The lowest BCUT2D eigenvalue weighted by Gasteiger charge is -2.27. The van der Waals surface area contributed by atoms with Crippen LogP contribution in [0.3, 0.4) is 0 Å². The van der Waals surface area contributed by atoms with Crippen molar-refractivity contribution in [1.29, 1.82) is 0 Å². The number of hydrazine groups is 1. The van der Waals surface area contributed by atoms with Crippen molar-refractivity contribution in [1.82, 2.24) is 10.7 Å². The smallest absolute Gasteiger partial charge is 0.338 e. The highest BCUT2D eigenvalue weighted by Crippen LogP contribution is 2.30. The van der Waals surface area contributed by atoms with Crippen molar-refractivity contribution in [3.63, 3.8) is 0 Å². The first-order valence-electron chi connectivity index (χ1n) is 10.0. The van der Waals surface area contributed by atoms with Gasteiger partial charge < -0.3 is 19.5 Å². The summed E-state index contributed by atoms with van der Waals surface area (Å²) in [6, 6.07) is 13.2. The lowest BCUT2D eigenvalue weighted by atomic mass is 10.2. The molecule has 1 fully saturated rings. The van der Waals surface area contributed by atoms with Crippen LogP contribution in [0.25, 0.3) is 0 Å². The number of carbonyl (C=O) groups excluding carboxylic acids is 4. The molecule has 166 valence electrons. The summed E-state index contributed by atoms with van der Waals surface area (Å²) in [5.74, 6) is -0.396. The molecule has 1 atom stereocenters. The van der Waals surface area contributed by atoms with Crippen molar-refractivity contribution in [2.45, 2.75) is 18.9 Å². The highest BCUT2D eigenvalue weighted by atomic mass is 16.6. The number of benzene rings is 2. The predicted molar refractivity (Wildman–Crippen MR) is 111 cm³/mol. The van der Waals surface area contributed by atoms with Gasteiger partial charge in [0.15, 0.2) is 18.1 Å². The zero-order chi connectivity index (χ0) is 22.5. The maximum atomic E-state index is 12.2. The van der Waals surface area contributed by atoms with E-state index < -0.39 is 18.5 Å². The number of carbonyl (C=O) groups is 4. The van der Waals surface area contributed by atoms with Crippen molar-refractivity contribution in [2.75, 3.05) is 24.8 Å². The molecule has 2 heterocycles. The van der Waals surface area contributed by atoms with E-state index in [1.165, 1.54) is 24.3 Å². The van der Waals surface area contributed by atoms with Gasteiger partial charge in [-0.3, -0.25) is 19.8 Å². The minimum atomic E-state index is -0.688. The number of nitrogens with one attached hydrogen (secondary N) is 2. The second-order valence-electron chi connectivity index (χ2n) is 7.19. The Morgan fingerprint density at radius 1 is 1.06 bits per heavy atom. The van der Waals surface area contributed by atoms with Crippen LogP contribution in [0.15, 0.2) is 48.5 Å². The maximum absolute atomic E-state index is 12.2. The van der Waals surface area contributed by atoms with Gasteiger partial charge in [0, 0.05) is 12.8 Å². The number of esters is 1. The van der Waals surface area contributed by atoms with Crippen LogP contribution in [0, 0.1) is 0 Å². The van der Waals surface area contributed by atoms with Crippen molar-refractivity contribution < 1.29 is 33.4 Å². The molecule has 0 aliphatic carbocycles. The van der Waals surface area contributed by atoms with Crippen LogP contribution in [0.1, 0.15) is 23.2 Å². The molecule has 0 aromatic heterocycles. The number of rotatable bonds is 6. The van der Waals surface area contributed by atoms with Crippen LogP contribution in [0.4, 0.5) is 5.69 Å². The van der Waals surface area contributed by atoms with Gasteiger partial charge >= 0.3 is 5.97 Å². The molecule has 32 heavy (non-hydrogen) atoms. The molecule has 10 nitrogen and oxygen atoms in total. The molecule has 0 spiro atoms. The summed E-state index contributed by atoms with van der Waals surface area (Å²) in [5, 5.41) is 3.79. The van der Waals surface area contributed by atoms with Gasteiger partial charge in [-0.25, -0.2) is 9.80 Å². The average Bonchev–Trinajstić information content (AvgIpc) is 2.82. The fourth-order valence-corrected chi connectivity index (χ4v) is 3.19. The average molecular weight is 439 g/mol. The molecule has 10 heteroatoms. The third-order valence-electron chi connectivity index (χ3n) is 4.84. The Labute approximate surface area is 183 Å². The first kappa shape index (κ1) is 21.2. The molecule has 0 radical (unpaired) electrons. The van der Waals surface area contributed by atoms with E-state index in [0.29, 0.717) is 23.8 Å². The first-order chi connectivity index (χ1) is 15.5. The molecule has 4 rings (SSSR count). The predicted octanol–water partition coefficient (Wildman–Crippen LogP) is 0.958. The summed E-state index contributed by atoms with van der Waals surface area (Å²) in [6.07, 6.45) is -0.0837. The SMILES string of the molecule is O=C(COC(=O)c1ccc(N2NC(=O)CCC2=O)cc1)NCC1COc2ccccc2O1. The second-order valence-corrected chi connectivity index (χ2v) is 7.19. The van der Waals surface area contributed by atoms with E-state index in [-0.39, 0.29) is 42.9 Å². The van der Waals surface area contributed by atoms with Gasteiger partial charge in [0.05, 0.1) is 17.8 Å². The standard InChI is InChI=1S/C22H21N3O7/c26-19-9-10-21(28)25(24-19)15-7-5-14(6-8-15)22(29)31-13-20(27)23-11-16-12-30-17-3-1-2-4-18(17)32-16/h1-8,16H,9-13H2,(H,23,27)(H,24,26). The van der Waals surface area contributed by atoms with Crippen LogP contribution in [-0.4, -0.2) is 49.6 Å². The van der Waals surface area contributed by atoms with Crippen molar-refractivity contribution in [3.05, 3.63) is 54.1 Å². The Bertz CT molecular complexity index is 1040. The summed E-state index contributed by atoms with van der Waals surface area (Å²) in [4.78, 5) is 47.6. The van der Waals surface area contributed by atoms with Crippen molar-refractivity contribution in [3.8, 4) is 11.5 Å². The van der Waals surface area contributed by atoms with E-state index in [1.54, 1.807) is 12.1 Å². The molecule has 3 amide bonds. The van der Waals surface area contributed by atoms with Crippen LogP contribution < -0.4 is 25.2 Å². The fraction of sp³-hybridized carbons (Fsp3) is 0.273. The van der Waals surface area contributed by atoms with E-state index in [2.05, 4.69) is 10.7 Å². The van der Waals surface area contributed by atoms with Gasteiger partial charge in [-0.1, -0.05) is 12.1 Å². The minimum Gasteiger partial charge on any atom is -0.486 e. The largest absolute Gasteiger partial charge is 0.486 e. The van der Waals surface area contributed by atoms with E-state index in [4.69, 9.17) is 14.2 Å². The van der Waals surface area contributed by atoms with Gasteiger partial charge in [-0.15, -0.1) is 0 Å². The van der Waals surface area contributed by atoms with E-state index >= 15 is 0 Å². The topological polar surface area (TPSA) is 123 Å². The molecule has 0 saturated carbocycles. The third-order valence-corrected chi connectivity index (χ3v) is 4.84. The van der Waals surface area contributed by atoms with Gasteiger partial charge in [-0.05, 0) is 36.4 Å². The van der Waals surface area contributed by atoms with Gasteiger partial charge in [0.1, 0.15) is 12.7 Å². The van der Waals surface area contributed by atoms with Gasteiger partial charge in [0.25, 0.3) is 5.91 Å². The molecular formula is C22H21N3O7. The lowest BCUT2D eigenvalue weighted by molar-refractivity contribution is -0.130. The molecule has 2 aliphatic heterocycles. The molecule has 1 unspecified atom stereocenters. The summed E-state index contributed by atoms with van der Waals surface area (Å²) >= 11 is 0. The van der Waals surface area contributed by atoms with Crippen LogP contribution >= 0.6 is 0 Å².